The molecule has 1 aliphatic carbocycles. The van der Waals surface area contributed by atoms with Crippen molar-refractivity contribution in [1.82, 2.24) is 0 Å². The van der Waals surface area contributed by atoms with Gasteiger partial charge in [0.2, 0.25) is 0 Å². The average molecular weight is 238 g/mol. The van der Waals surface area contributed by atoms with Gasteiger partial charge in [-0.1, -0.05) is 32.3 Å². The minimum Gasteiger partial charge on any atom is -0.384 e. The molecule has 1 aliphatic rings. The fraction of sp³-hybridized carbons (Fsp3) is 0.714. The molecule has 16 heavy (non-hydrogen) atoms. The molecule has 0 saturated heterocycles. The Kier molecular flexibility index (Phi) is 3.70. The summed E-state index contributed by atoms with van der Waals surface area (Å²) in [5, 5.41) is 12.8. The molecule has 0 aromatic carbocycles. The van der Waals surface area contributed by atoms with Crippen molar-refractivity contribution in [2.75, 3.05) is 0 Å². The minimum atomic E-state index is -0.609. The van der Waals surface area contributed by atoms with Crippen LogP contribution in [0.4, 0.5) is 0 Å². The molecule has 90 valence electrons. The van der Waals surface area contributed by atoms with E-state index in [1.165, 1.54) is 32.1 Å². The van der Waals surface area contributed by atoms with Crippen molar-refractivity contribution in [3.8, 4) is 0 Å². The first kappa shape index (κ1) is 12.1. The van der Waals surface area contributed by atoms with Crippen molar-refractivity contribution >= 4 is 11.3 Å². The van der Waals surface area contributed by atoms with E-state index in [9.17, 15) is 5.11 Å². The average Bonchev–Trinajstić information content (AvgIpc) is 2.83. The van der Waals surface area contributed by atoms with Gasteiger partial charge in [-0.3, -0.25) is 0 Å². The predicted molar refractivity (Wildman–Crippen MR) is 69.6 cm³/mol. The first-order valence-electron chi connectivity index (χ1n) is 6.41. The van der Waals surface area contributed by atoms with Gasteiger partial charge in [0, 0.05) is 4.88 Å². The predicted octanol–water partition coefficient (Wildman–Crippen LogP) is 4.17. The molecule has 0 amide bonds. The monoisotopic (exact) mass is 238 g/mol. The van der Waals surface area contributed by atoms with E-state index in [1.54, 1.807) is 11.3 Å². The van der Waals surface area contributed by atoms with Gasteiger partial charge in [0.1, 0.15) is 0 Å². The molecule has 1 nitrogen and oxygen atoms in total. The maximum absolute atomic E-state index is 10.7. The molecule has 1 N–H and O–H groups in total. The number of hydrogen-bond acceptors (Lipinski definition) is 2. The van der Waals surface area contributed by atoms with Crippen molar-refractivity contribution in [1.29, 1.82) is 0 Å². The summed E-state index contributed by atoms with van der Waals surface area (Å²) in [7, 11) is 0. The SMILES string of the molecule is CCC1CCCC(C(C)(O)c2cccs2)C1. The van der Waals surface area contributed by atoms with Crippen LogP contribution in [0.1, 0.15) is 50.8 Å². The third-order valence-electron chi connectivity index (χ3n) is 4.18. The maximum Gasteiger partial charge on any atom is 0.0987 e. The number of rotatable bonds is 3. The molecule has 0 bridgehead atoms. The van der Waals surface area contributed by atoms with Crippen molar-refractivity contribution in [2.24, 2.45) is 11.8 Å². The van der Waals surface area contributed by atoms with E-state index in [-0.39, 0.29) is 0 Å². The fourth-order valence-electron chi connectivity index (χ4n) is 2.94. The van der Waals surface area contributed by atoms with E-state index < -0.39 is 5.60 Å². The topological polar surface area (TPSA) is 20.2 Å². The van der Waals surface area contributed by atoms with Gasteiger partial charge in [0.25, 0.3) is 0 Å². The summed E-state index contributed by atoms with van der Waals surface area (Å²) in [6.07, 6.45) is 6.28. The largest absolute Gasteiger partial charge is 0.384 e. The van der Waals surface area contributed by atoms with Crippen LogP contribution in [0.3, 0.4) is 0 Å². The van der Waals surface area contributed by atoms with Crippen molar-refractivity contribution in [3.63, 3.8) is 0 Å². The Labute approximate surface area is 103 Å². The zero-order valence-corrected chi connectivity index (χ0v) is 11.1. The van der Waals surface area contributed by atoms with Gasteiger partial charge in [0.05, 0.1) is 5.60 Å². The van der Waals surface area contributed by atoms with E-state index in [1.807, 2.05) is 13.0 Å². The highest BCUT2D eigenvalue weighted by molar-refractivity contribution is 7.10. The lowest BCUT2D eigenvalue weighted by atomic mass is 9.72. The second-order valence-electron chi connectivity index (χ2n) is 5.26. The molecular formula is C14H22OS. The molecule has 1 fully saturated rings. The first-order chi connectivity index (χ1) is 7.64. The van der Waals surface area contributed by atoms with E-state index in [4.69, 9.17) is 0 Å². The van der Waals surface area contributed by atoms with Crippen LogP contribution in [0.15, 0.2) is 17.5 Å². The summed E-state index contributed by atoms with van der Waals surface area (Å²) >= 11 is 1.68. The number of thiophene rings is 1. The molecule has 3 unspecified atom stereocenters. The van der Waals surface area contributed by atoms with Crippen LogP contribution in [0.25, 0.3) is 0 Å². The first-order valence-corrected chi connectivity index (χ1v) is 7.29. The Bertz CT molecular complexity index is 315. The van der Waals surface area contributed by atoms with Crippen LogP contribution >= 0.6 is 11.3 Å². The molecular weight excluding hydrogens is 216 g/mol. The molecule has 1 aromatic rings. The molecule has 0 aliphatic heterocycles. The Morgan fingerprint density at radius 2 is 2.31 bits per heavy atom. The van der Waals surface area contributed by atoms with Gasteiger partial charge in [0.15, 0.2) is 0 Å². The van der Waals surface area contributed by atoms with Crippen LogP contribution in [-0.4, -0.2) is 5.11 Å². The molecule has 2 heteroatoms. The third kappa shape index (κ3) is 2.33. The van der Waals surface area contributed by atoms with Crippen LogP contribution in [0.2, 0.25) is 0 Å². The number of hydrogen-bond donors (Lipinski definition) is 1. The molecule has 1 heterocycles. The summed E-state index contributed by atoms with van der Waals surface area (Å²) in [4.78, 5) is 1.13. The zero-order chi connectivity index (χ0) is 11.6. The summed E-state index contributed by atoms with van der Waals surface area (Å²) in [6.45, 7) is 4.27. The summed E-state index contributed by atoms with van der Waals surface area (Å²) in [5.41, 5.74) is -0.609. The van der Waals surface area contributed by atoms with Crippen LogP contribution in [0, 0.1) is 11.8 Å². The summed E-state index contributed by atoms with van der Waals surface area (Å²) in [5.74, 6) is 1.27. The Balaban J connectivity index is 2.11. The lowest BCUT2D eigenvalue weighted by Gasteiger charge is -2.38. The minimum absolute atomic E-state index is 0.449. The Morgan fingerprint density at radius 3 is 2.94 bits per heavy atom. The van der Waals surface area contributed by atoms with Gasteiger partial charge in [-0.2, -0.15) is 0 Å². The Hall–Kier alpha value is -0.340. The van der Waals surface area contributed by atoms with E-state index in [0.717, 1.165) is 10.8 Å². The van der Waals surface area contributed by atoms with Gasteiger partial charge in [-0.05, 0) is 43.0 Å². The molecule has 0 spiro atoms. The summed E-state index contributed by atoms with van der Waals surface area (Å²) in [6, 6.07) is 4.11. The standard InChI is InChI=1S/C14H22OS/c1-3-11-6-4-7-12(10-11)14(2,15)13-8-5-9-16-13/h5,8-9,11-12,15H,3-4,6-7,10H2,1-2H3. The molecule has 2 rings (SSSR count). The third-order valence-corrected chi connectivity index (χ3v) is 5.27. The molecule has 1 saturated carbocycles. The van der Waals surface area contributed by atoms with Gasteiger partial charge in [-0.25, -0.2) is 0 Å². The van der Waals surface area contributed by atoms with Crippen LogP contribution < -0.4 is 0 Å². The van der Waals surface area contributed by atoms with E-state index >= 15 is 0 Å². The second kappa shape index (κ2) is 4.89. The smallest absolute Gasteiger partial charge is 0.0987 e. The van der Waals surface area contributed by atoms with Gasteiger partial charge in [-0.15, -0.1) is 11.3 Å². The van der Waals surface area contributed by atoms with Crippen molar-refractivity contribution in [2.45, 2.75) is 51.6 Å². The highest BCUT2D eigenvalue weighted by atomic mass is 32.1. The highest BCUT2D eigenvalue weighted by Gasteiger charge is 2.37. The lowest BCUT2D eigenvalue weighted by molar-refractivity contribution is -0.0281. The van der Waals surface area contributed by atoms with Crippen molar-refractivity contribution in [3.05, 3.63) is 22.4 Å². The maximum atomic E-state index is 10.7. The second-order valence-corrected chi connectivity index (χ2v) is 6.21. The van der Waals surface area contributed by atoms with Crippen LogP contribution in [0.5, 0.6) is 0 Å². The summed E-state index contributed by atoms with van der Waals surface area (Å²) < 4.78 is 0. The normalized spacial score (nSPS) is 29.9. The van der Waals surface area contributed by atoms with Gasteiger partial charge < -0.3 is 5.11 Å². The fourth-order valence-corrected chi connectivity index (χ4v) is 3.81. The molecule has 3 atom stereocenters. The quantitative estimate of drug-likeness (QED) is 0.838. The van der Waals surface area contributed by atoms with Crippen molar-refractivity contribution < 1.29 is 5.11 Å². The zero-order valence-electron chi connectivity index (χ0n) is 10.3. The van der Waals surface area contributed by atoms with E-state index in [0.29, 0.717) is 5.92 Å². The highest BCUT2D eigenvalue weighted by Crippen LogP contribution is 2.43. The van der Waals surface area contributed by atoms with E-state index in [2.05, 4.69) is 18.4 Å². The number of aliphatic hydroxyl groups is 1. The Morgan fingerprint density at radius 1 is 1.50 bits per heavy atom. The lowest BCUT2D eigenvalue weighted by Crippen LogP contribution is -2.34. The molecule has 0 radical (unpaired) electrons. The van der Waals surface area contributed by atoms with Gasteiger partial charge >= 0.3 is 0 Å². The molecule has 1 aromatic heterocycles. The van der Waals surface area contributed by atoms with Crippen LogP contribution in [-0.2, 0) is 5.60 Å².